The summed E-state index contributed by atoms with van der Waals surface area (Å²) in [4.78, 5) is 72.8. The van der Waals surface area contributed by atoms with Crippen molar-refractivity contribution in [3.05, 3.63) is 0 Å². The Morgan fingerprint density at radius 3 is 0.809 bits per heavy atom. The van der Waals surface area contributed by atoms with Gasteiger partial charge in [-0.1, -0.05) is 337 Å². The molecule has 0 aliphatic heterocycles. The number of carbonyl (C=O) groups excluding carboxylic acids is 4. The summed E-state index contributed by atoms with van der Waals surface area (Å²) in [6, 6.07) is 0. The molecule has 558 valence electrons. The lowest BCUT2D eigenvalue weighted by Crippen LogP contribution is -2.30. The number of hydrogen-bond donors (Lipinski definition) is 3. The first-order chi connectivity index (χ1) is 45.4. The number of phosphoric acid groups is 2. The van der Waals surface area contributed by atoms with Crippen LogP contribution in [-0.4, -0.2) is 96.7 Å². The maximum atomic E-state index is 13.1. The van der Waals surface area contributed by atoms with E-state index in [-0.39, 0.29) is 25.7 Å². The quantitative estimate of drug-likeness (QED) is 0.0222. The zero-order chi connectivity index (χ0) is 69.3. The van der Waals surface area contributed by atoms with E-state index in [1.165, 1.54) is 205 Å². The van der Waals surface area contributed by atoms with Crippen LogP contribution in [0.3, 0.4) is 0 Å². The van der Waals surface area contributed by atoms with E-state index >= 15 is 0 Å². The molecular formula is C75H146O17P2. The summed E-state index contributed by atoms with van der Waals surface area (Å²) in [5.41, 5.74) is 0. The summed E-state index contributed by atoms with van der Waals surface area (Å²) >= 11 is 0. The third kappa shape index (κ3) is 67.3. The van der Waals surface area contributed by atoms with Gasteiger partial charge in [-0.15, -0.1) is 0 Å². The molecule has 17 nitrogen and oxygen atoms in total. The van der Waals surface area contributed by atoms with Crippen LogP contribution in [0, 0.1) is 11.8 Å². The molecule has 0 aliphatic rings. The highest BCUT2D eigenvalue weighted by Crippen LogP contribution is 2.45. The number of phosphoric ester groups is 2. The molecule has 0 spiro atoms. The van der Waals surface area contributed by atoms with Gasteiger partial charge in [-0.2, -0.15) is 0 Å². The van der Waals surface area contributed by atoms with Gasteiger partial charge in [-0.3, -0.25) is 37.3 Å². The number of carbonyl (C=O) groups is 4. The number of ether oxygens (including phenoxy) is 4. The highest BCUT2D eigenvalue weighted by atomic mass is 31.2. The number of esters is 4. The maximum absolute atomic E-state index is 13.1. The second kappa shape index (κ2) is 66.9. The number of hydrogen-bond acceptors (Lipinski definition) is 15. The van der Waals surface area contributed by atoms with E-state index in [4.69, 9.17) is 37.0 Å². The van der Waals surface area contributed by atoms with Gasteiger partial charge in [0.05, 0.1) is 26.4 Å². The molecule has 3 unspecified atom stereocenters. The van der Waals surface area contributed by atoms with Crippen molar-refractivity contribution < 1.29 is 80.2 Å². The van der Waals surface area contributed by atoms with E-state index in [1.807, 2.05) is 0 Å². The van der Waals surface area contributed by atoms with Crippen molar-refractivity contribution in [1.29, 1.82) is 0 Å². The summed E-state index contributed by atoms with van der Waals surface area (Å²) < 4.78 is 68.5. The number of aliphatic hydroxyl groups is 1. The van der Waals surface area contributed by atoms with Gasteiger partial charge in [-0.25, -0.2) is 9.13 Å². The Kier molecular flexibility index (Phi) is 65.5. The van der Waals surface area contributed by atoms with E-state index in [0.717, 1.165) is 102 Å². The highest BCUT2D eigenvalue weighted by Gasteiger charge is 2.30. The topological polar surface area (TPSA) is 237 Å². The van der Waals surface area contributed by atoms with Crippen LogP contribution in [-0.2, 0) is 65.4 Å². The van der Waals surface area contributed by atoms with Crippen molar-refractivity contribution in [1.82, 2.24) is 0 Å². The zero-order valence-corrected chi connectivity index (χ0v) is 63.1. The van der Waals surface area contributed by atoms with Crippen LogP contribution in [0.25, 0.3) is 0 Å². The molecule has 0 aromatic rings. The van der Waals surface area contributed by atoms with Gasteiger partial charge < -0.3 is 33.8 Å². The molecule has 0 aromatic heterocycles. The minimum atomic E-state index is -4.96. The van der Waals surface area contributed by atoms with Gasteiger partial charge in [0, 0.05) is 25.7 Å². The summed E-state index contributed by atoms with van der Waals surface area (Å²) in [5, 5.41) is 10.6. The van der Waals surface area contributed by atoms with Crippen LogP contribution in [0.1, 0.15) is 388 Å². The lowest BCUT2D eigenvalue weighted by atomic mass is 9.99. The Hall–Kier alpha value is -1.94. The normalized spacial score (nSPS) is 14.3. The zero-order valence-electron chi connectivity index (χ0n) is 61.3. The van der Waals surface area contributed by atoms with Crippen molar-refractivity contribution in [2.75, 3.05) is 39.6 Å². The van der Waals surface area contributed by atoms with E-state index in [2.05, 4.69) is 41.5 Å². The summed E-state index contributed by atoms with van der Waals surface area (Å²) in [6.07, 6.45) is 53.9. The molecule has 0 radical (unpaired) electrons. The molecular weight excluding hydrogens is 1230 g/mol. The van der Waals surface area contributed by atoms with Crippen molar-refractivity contribution >= 4 is 39.5 Å². The fourth-order valence-electron chi connectivity index (χ4n) is 11.4. The number of rotatable bonds is 74. The molecule has 6 atom stereocenters. The second-order valence-corrected chi connectivity index (χ2v) is 30.7. The van der Waals surface area contributed by atoms with E-state index in [1.54, 1.807) is 0 Å². The number of unbranched alkanes of at least 4 members (excludes halogenated alkanes) is 43. The van der Waals surface area contributed by atoms with Gasteiger partial charge in [0.2, 0.25) is 0 Å². The second-order valence-electron chi connectivity index (χ2n) is 27.8. The molecule has 0 heterocycles. The predicted molar refractivity (Wildman–Crippen MR) is 381 cm³/mol. The summed E-state index contributed by atoms with van der Waals surface area (Å²) in [7, 11) is -9.91. The Labute approximate surface area is 575 Å². The molecule has 3 N–H and O–H groups in total. The summed E-state index contributed by atoms with van der Waals surface area (Å²) in [5.74, 6) is -0.543. The molecule has 94 heavy (non-hydrogen) atoms. The standard InChI is InChI=1S/C75H146O17P2/c1-7-10-12-14-16-18-20-24-29-32-39-45-51-57-72(77)85-63-70(91-75(80)60-54-48-42-34-30-26-23-22-25-27-31-38-44-50-56-68(6)9-3)65-89-93(81,82)87-61-69(76)62-88-94(83,84)90-66-71(64-86-73(78)58-52-46-40-36-35-37-43-49-55-67(4)5)92-74(79)59-53-47-41-33-28-21-19-17-15-13-11-8-2/h67-71,76H,7-66H2,1-6H3,(H,81,82)(H,83,84)/t68?,69-,70-,71-/m1/s1. The van der Waals surface area contributed by atoms with E-state index in [9.17, 15) is 43.2 Å². The first kappa shape index (κ1) is 92.1. The molecule has 0 rings (SSSR count). The molecule has 0 fully saturated rings. The Morgan fingerprint density at radius 1 is 0.309 bits per heavy atom. The molecule has 19 heteroatoms. The molecule has 0 saturated carbocycles. The Morgan fingerprint density at radius 2 is 0.543 bits per heavy atom. The minimum Gasteiger partial charge on any atom is -0.462 e. The van der Waals surface area contributed by atoms with Gasteiger partial charge in [-0.05, 0) is 37.5 Å². The van der Waals surface area contributed by atoms with Crippen molar-refractivity contribution in [3.8, 4) is 0 Å². The molecule has 0 aliphatic carbocycles. The van der Waals surface area contributed by atoms with Crippen molar-refractivity contribution in [2.24, 2.45) is 11.8 Å². The van der Waals surface area contributed by atoms with Gasteiger partial charge in [0.25, 0.3) is 0 Å². The van der Waals surface area contributed by atoms with Crippen molar-refractivity contribution in [3.63, 3.8) is 0 Å². The first-order valence-electron chi connectivity index (χ1n) is 39.0. The van der Waals surface area contributed by atoms with Gasteiger partial charge in [0.15, 0.2) is 12.2 Å². The fraction of sp³-hybridized carbons (Fsp3) is 0.947. The largest absolute Gasteiger partial charge is 0.472 e. The van der Waals surface area contributed by atoms with E-state index < -0.39 is 97.5 Å². The van der Waals surface area contributed by atoms with Crippen LogP contribution in [0.2, 0.25) is 0 Å². The average Bonchev–Trinajstić information content (AvgIpc) is 1.45. The fourth-order valence-corrected chi connectivity index (χ4v) is 13.0. The van der Waals surface area contributed by atoms with E-state index in [0.29, 0.717) is 25.7 Å². The van der Waals surface area contributed by atoms with Crippen LogP contribution in [0.15, 0.2) is 0 Å². The van der Waals surface area contributed by atoms with Crippen LogP contribution in [0.4, 0.5) is 0 Å². The average molecular weight is 1380 g/mol. The lowest BCUT2D eigenvalue weighted by Gasteiger charge is -2.21. The summed E-state index contributed by atoms with van der Waals surface area (Å²) in [6.45, 7) is 9.61. The molecule has 0 amide bonds. The molecule has 0 bridgehead atoms. The smallest absolute Gasteiger partial charge is 0.462 e. The van der Waals surface area contributed by atoms with Crippen LogP contribution >= 0.6 is 15.6 Å². The minimum absolute atomic E-state index is 0.107. The van der Waals surface area contributed by atoms with Gasteiger partial charge >= 0.3 is 39.5 Å². The predicted octanol–water partition coefficient (Wildman–Crippen LogP) is 21.9. The number of aliphatic hydroxyl groups excluding tert-OH is 1. The maximum Gasteiger partial charge on any atom is 0.472 e. The molecule has 0 saturated heterocycles. The van der Waals surface area contributed by atoms with Crippen molar-refractivity contribution in [2.45, 2.75) is 407 Å². The first-order valence-corrected chi connectivity index (χ1v) is 42.0. The Balaban J connectivity index is 5.24. The highest BCUT2D eigenvalue weighted by molar-refractivity contribution is 7.47. The van der Waals surface area contributed by atoms with Crippen LogP contribution in [0.5, 0.6) is 0 Å². The lowest BCUT2D eigenvalue weighted by molar-refractivity contribution is -0.161. The monoisotopic (exact) mass is 1380 g/mol. The molecule has 0 aromatic carbocycles. The Bertz CT molecular complexity index is 1820. The van der Waals surface area contributed by atoms with Gasteiger partial charge in [0.1, 0.15) is 19.3 Å². The van der Waals surface area contributed by atoms with Crippen LogP contribution < -0.4 is 0 Å². The third-order valence-corrected chi connectivity index (χ3v) is 19.7. The SMILES string of the molecule is CCCCCCCCCCCCCCCC(=O)OC[C@H](COP(=O)(O)OC[C@@H](O)COP(=O)(O)OC[C@@H](COC(=O)CCCCCCCCCCC(C)C)OC(=O)CCCCCCCCCCCCCC)OC(=O)CCCCCCCCCCCCCCCCC(C)CC. The third-order valence-electron chi connectivity index (χ3n) is 17.8.